The summed E-state index contributed by atoms with van der Waals surface area (Å²) in [6, 6.07) is 5.92. The highest BCUT2D eigenvalue weighted by atomic mass is 19.1. The maximum absolute atomic E-state index is 12.7. The van der Waals surface area contributed by atoms with E-state index in [1.807, 2.05) is 0 Å². The molecule has 1 amide bonds. The Bertz CT molecular complexity index is 537. The highest BCUT2D eigenvalue weighted by Crippen LogP contribution is 2.02. The first-order valence-corrected chi connectivity index (χ1v) is 5.29. The highest BCUT2D eigenvalue weighted by Gasteiger charge is 2.04. The average molecular weight is 249 g/mol. The molecule has 2 rings (SSSR count). The Morgan fingerprint density at radius 2 is 2.11 bits per heavy atom. The maximum Gasteiger partial charge on any atom is 0.242 e. The minimum atomic E-state index is -0.303. The summed E-state index contributed by atoms with van der Waals surface area (Å²) < 4.78 is 14.0. The molecule has 7 heteroatoms. The van der Waals surface area contributed by atoms with Gasteiger partial charge in [0, 0.05) is 6.54 Å². The van der Waals surface area contributed by atoms with Gasteiger partial charge in [0.05, 0.1) is 0 Å². The molecule has 0 spiro atoms. The SMILES string of the molecule is Nc1ncn(CC(=O)NCc2ccc(F)cc2)n1. The van der Waals surface area contributed by atoms with Crippen molar-refractivity contribution in [2.75, 3.05) is 5.73 Å². The minimum Gasteiger partial charge on any atom is -0.367 e. The zero-order chi connectivity index (χ0) is 13.0. The van der Waals surface area contributed by atoms with E-state index in [0.29, 0.717) is 6.54 Å². The third kappa shape index (κ3) is 3.27. The fourth-order valence-electron chi connectivity index (χ4n) is 1.39. The van der Waals surface area contributed by atoms with Crippen LogP contribution in [0.5, 0.6) is 0 Å². The number of halogens is 1. The zero-order valence-electron chi connectivity index (χ0n) is 9.51. The van der Waals surface area contributed by atoms with Crippen molar-refractivity contribution < 1.29 is 9.18 Å². The Kier molecular flexibility index (Phi) is 3.52. The zero-order valence-corrected chi connectivity index (χ0v) is 9.51. The van der Waals surface area contributed by atoms with Crippen LogP contribution in [0, 0.1) is 5.82 Å². The molecule has 0 aliphatic heterocycles. The van der Waals surface area contributed by atoms with Crippen molar-refractivity contribution in [1.29, 1.82) is 0 Å². The van der Waals surface area contributed by atoms with E-state index in [9.17, 15) is 9.18 Å². The normalized spacial score (nSPS) is 10.3. The van der Waals surface area contributed by atoms with Gasteiger partial charge in [-0.2, -0.15) is 0 Å². The number of anilines is 1. The smallest absolute Gasteiger partial charge is 0.242 e. The number of carbonyl (C=O) groups is 1. The van der Waals surface area contributed by atoms with Gasteiger partial charge in [-0.15, -0.1) is 5.10 Å². The highest BCUT2D eigenvalue weighted by molar-refractivity contribution is 5.75. The van der Waals surface area contributed by atoms with Crippen LogP contribution < -0.4 is 11.1 Å². The van der Waals surface area contributed by atoms with Gasteiger partial charge < -0.3 is 11.1 Å². The van der Waals surface area contributed by atoms with E-state index in [2.05, 4.69) is 15.4 Å². The number of nitrogens with one attached hydrogen (secondary N) is 1. The standard InChI is InChI=1S/C11H12FN5O/c12-9-3-1-8(2-4-9)5-14-10(18)6-17-7-15-11(13)16-17/h1-4,7H,5-6H2,(H2,13,16)(H,14,18). The summed E-state index contributed by atoms with van der Waals surface area (Å²) >= 11 is 0. The van der Waals surface area contributed by atoms with Crippen molar-refractivity contribution in [2.45, 2.75) is 13.1 Å². The van der Waals surface area contributed by atoms with Crippen molar-refractivity contribution >= 4 is 11.9 Å². The predicted molar refractivity (Wildman–Crippen MR) is 62.7 cm³/mol. The molecule has 1 heterocycles. The third-order valence-corrected chi connectivity index (χ3v) is 2.26. The largest absolute Gasteiger partial charge is 0.367 e. The molecule has 0 unspecified atom stereocenters. The number of nitrogens with zero attached hydrogens (tertiary/aromatic N) is 3. The van der Waals surface area contributed by atoms with Gasteiger partial charge in [-0.05, 0) is 17.7 Å². The van der Waals surface area contributed by atoms with Gasteiger partial charge in [-0.25, -0.2) is 14.1 Å². The molecule has 0 fully saturated rings. The van der Waals surface area contributed by atoms with Crippen molar-refractivity contribution in [3.8, 4) is 0 Å². The number of aromatic nitrogens is 3. The molecular weight excluding hydrogens is 237 g/mol. The Balaban J connectivity index is 1.83. The predicted octanol–water partition coefficient (Wildman–Crippen LogP) is 0.316. The summed E-state index contributed by atoms with van der Waals surface area (Å²) in [5.41, 5.74) is 6.15. The van der Waals surface area contributed by atoms with Crippen LogP contribution in [0.4, 0.5) is 10.3 Å². The van der Waals surface area contributed by atoms with Crippen LogP contribution in [0.2, 0.25) is 0 Å². The van der Waals surface area contributed by atoms with Crippen LogP contribution in [0.3, 0.4) is 0 Å². The number of rotatable bonds is 4. The Labute approximate surface area is 103 Å². The molecule has 1 aromatic carbocycles. The maximum atomic E-state index is 12.7. The topological polar surface area (TPSA) is 85.8 Å². The van der Waals surface area contributed by atoms with Gasteiger partial charge in [-0.1, -0.05) is 12.1 Å². The van der Waals surface area contributed by atoms with Gasteiger partial charge >= 0.3 is 0 Å². The number of amides is 1. The summed E-state index contributed by atoms with van der Waals surface area (Å²) in [6.07, 6.45) is 1.38. The van der Waals surface area contributed by atoms with E-state index in [4.69, 9.17) is 5.73 Å². The second kappa shape index (κ2) is 5.26. The second-order valence-corrected chi connectivity index (χ2v) is 3.70. The fourth-order valence-corrected chi connectivity index (χ4v) is 1.39. The summed E-state index contributed by atoms with van der Waals surface area (Å²) in [5.74, 6) is -0.395. The number of carbonyl (C=O) groups excluding carboxylic acids is 1. The lowest BCUT2D eigenvalue weighted by Gasteiger charge is -2.05. The average Bonchev–Trinajstić information content (AvgIpc) is 2.74. The molecule has 0 saturated heterocycles. The number of nitrogen functional groups attached to an aromatic ring is 1. The first-order chi connectivity index (χ1) is 8.63. The summed E-state index contributed by atoms with van der Waals surface area (Å²) in [5, 5.41) is 6.48. The molecule has 3 N–H and O–H groups in total. The summed E-state index contributed by atoms with van der Waals surface area (Å²) in [6.45, 7) is 0.384. The molecule has 1 aromatic heterocycles. The van der Waals surface area contributed by atoms with Crippen LogP contribution in [0.1, 0.15) is 5.56 Å². The molecule has 0 bridgehead atoms. The monoisotopic (exact) mass is 249 g/mol. The van der Waals surface area contributed by atoms with E-state index in [0.717, 1.165) is 5.56 Å². The van der Waals surface area contributed by atoms with Crippen LogP contribution in [-0.4, -0.2) is 20.7 Å². The lowest BCUT2D eigenvalue weighted by atomic mass is 10.2. The van der Waals surface area contributed by atoms with Gasteiger partial charge in [0.25, 0.3) is 0 Å². The van der Waals surface area contributed by atoms with E-state index >= 15 is 0 Å². The molecule has 94 valence electrons. The molecule has 6 nitrogen and oxygen atoms in total. The minimum absolute atomic E-state index is 0.0470. The number of benzene rings is 1. The Hall–Kier alpha value is -2.44. The van der Waals surface area contributed by atoms with Crippen LogP contribution in [0.15, 0.2) is 30.6 Å². The molecule has 0 saturated carbocycles. The van der Waals surface area contributed by atoms with Crippen molar-refractivity contribution in [2.24, 2.45) is 0 Å². The lowest BCUT2D eigenvalue weighted by molar-refractivity contribution is -0.122. The molecule has 0 aliphatic rings. The molecule has 18 heavy (non-hydrogen) atoms. The van der Waals surface area contributed by atoms with Crippen molar-refractivity contribution in [3.63, 3.8) is 0 Å². The van der Waals surface area contributed by atoms with Crippen molar-refractivity contribution in [3.05, 3.63) is 42.0 Å². The van der Waals surface area contributed by atoms with Crippen molar-refractivity contribution in [1.82, 2.24) is 20.1 Å². The van der Waals surface area contributed by atoms with Gasteiger partial charge in [-0.3, -0.25) is 4.79 Å². The van der Waals surface area contributed by atoms with Gasteiger partial charge in [0.1, 0.15) is 18.7 Å². The second-order valence-electron chi connectivity index (χ2n) is 3.70. The number of nitrogens with two attached hydrogens (primary N) is 1. The molecule has 0 aliphatic carbocycles. The number of hydrogen-bond acceptors (Lipinski definition) is 4. The molecule has 2 aromatic rings. The molecular formula is C11H12FN5O. The van der Waals surface area contributed by atoms with Gasteiger partial charge in [0.15, 0.2) is 0 Å². The summed E-state index contributed by atoms with van der Waals surface area (Å²) in [7, 11) is 0. The Morgan fingerprint density at radius 3 is 2.72 bits per heavy atom. The van der Waals surface area contributed by atoms with E-state index in [1.54, 1.807) is 12.1 Å². The fraction of sp³-hybridized carbons (Fsp3) is 0.182. The third-order valence-electron chi connectivity index (χ3n) is 2.26. The first-order valence-electron chi connectivity index (χ1n) is 5.29. The Morgan fingerprint density at radius 1 is 1.39 bits per heavy atom. The first kappa shape index (κ1) is 12.0. The van der Waals surface area contributed by atoms with E-state index in [-0.39, 0.29) is 24.2 Å². The van der Waals surface area contributed by atoms with E-state index < -0.39 is 0 Å². The van der Waals surface area contributed by atoms with Crippen LogP contribution >= 0.6 is 0 Å². The van der Waals surface area contributed by atoms with Gasteiger partial charge in [0.2, 0.25) is 11.9 Å². The number of hydrogen-bond donors (Lipinski definition) is 2. The lowest BCUT2D eigenvalue weighted by Crippen LogP contribution is -2.27. The van der Waals surface area contributed by atoms with Crippen LogP contribution in [-0.2, 0) is 17.9 Å². The van der Waals surface area contributed by atoms with E-state index in [1.165, 1.54) is 23.1 Å². The quantitative estimate of drug-likeness (QED) is 0.816. The van der Waals surface area contributed by atoms with Crippen LogP contribution in [0.25, 0.3) is 0 Å². The summed E-state index contributed by atoms with van der Waals surface area (Å²) in [4.78, 5) is 15.3. The molecule has 0 radical (unpaired) electrons. The molecule has 0 atom stereocenters.